The second kappa shape index (κ2) is 9.70. The first-order chi connectivity index (χ1) is 14.0. The Morgan fingerprint density at radius 2 is 1.72 bits per heavy atom. The minimum Gasteiger partial charge on any atom is -0.479 e. The van der Waals surface area contributed by atoms with Crippen molar-refractivity contribution in [2.45, 2.75) is 50.7 Å². The number of carbonyl (C=O) groups is 2. The summed E-state index contributed by atoms with van der Waals surface area (Å²) >= 11 is 0. The van der Waals surface area contributed by atoms with Gasteiger partial charge in [-0.3, -0.25) is 4.79 Å². The summed E-state index contributed by atoms with van der Waals surface area (Å²) in [4.78, 5) is 24.6. The first-order valence-electron chi connectivity index (χ1n) is 10.2. The summed E-state index contributed by atoms with van der Waals surface area (Å²) in [5.41, 5.74) is 1.10. The monoisotopic (exact) mass is 395 g/mol. The summed E-state index contributed by atoms with van der Waals surface area (Å²) in [5, 5.41) is 12.5. The van der Waals surface area contributed by atoms with Crippen LogP contribution in [0.2, 0.25) is 0 Å². The smallest absolute Gasteiger partial charge is 0.335 e. The van der Waals surface area contributed by atoms with Gasteiger partial charge in [0.1, 0.15) is 0 Å². The first kappa shape index (κ1) is 21.1. The number of benzene rings is 2. The predicted molar refractivity (Wildman–Crippen MR) is 112 cm³/mol. The lowest BCUT2D eigenvalue weighted by Crippen LogP contribution is -2.52. The van der Waals surface area contributed by atoms with E-state index in [0.29, 0.717) is 19.4 Å². The highest BCUT2D eigenvalue weighted by Crippen LogP contribution is 2.26. The number of aryl methyl sites for hydroxylation is 1. The average Bonchev–Trinajstić information content (AvgIpc) is 2.72. The SMILES string of the molecule is CC1(C(=O)O)CC(NC(=O)C(CCc2ccccc2)Cc2ccccc2)CCO1. The number of hydrogen-bond donors (Lipinski definition) is 2. The van der Waals surface area contributed by atoms with E-state index < -0.39 is 11.6 Å². The second-order valence-electron chi connectivity index (χ2n) is 7.99. The Labute approximate surface area is 172 Å². The van der Waals surface area contributed by atoms with Crippen LogP contribution in [-0.4, -0.2) is 35.2 Å². The Morgan fingerprint density at radius 3 is 2.34 bits per heavy atom. The van der Waals surface area contributed by atoms with E-state index in [1.807, 2.05) is 48.5 Å². The van der Waals surface area contributed by atoms with Crippen LogP contribution in [0.1, 0.15) is 37.3 Å². The van der Waals surface area contributed by atoms with Gasteiger partial charge in [0.05, 0.1) is 6.61 Å². The van der Waals surface area contributed by atoms with Crippen molar-refractivity contribution in [2.24, 2.45) is 5.92 Å². The van der Waals surface area contributed by atoms with Crippen molar-refractivity contribution in [3.05, 3.63) is 71.8 Å². The number of nitrogens with one attached hydrogen (secondary N) is 1. The van der Waals surface area contributed by atoms with Crippen LogP contribution in [0.25, 0.3) is 0 Å². The maximum Gasteiger partial charge on any atom is 0.335 e. The van der Waals surface area contributed by atoms with Gasteiger partial charge in [-0.2, -0.15) is 0 Å². The summed E-state index contributed by atoms with van der Waals surface area (Å²) in [6.45, 7) is 1.91. The molecule has 5 heteroatoms. The minimum absolute atomic E-state index is 0.00979. The number of hydrogen-bond acceptors (Lipinski definition) is 3. The van der Waals surface area contributed by atoms with Gasteiger partial charge < -0.3 is 15.2 Å². The third-order valence-corrected chi connectivity index (χ3v) is 5.64. The fraction of sp³-hybridized carbons (Fsp3) is 0.417. The van der Waals surface area contributed by atoms with Crippen LogP contribution in [-0.2, 0) is 27.2 Å². The largest absolute Gasteiger partial charge is 0.479 e. The van der Waals surface area contributed by atoms with Crippen LogP contribution in [0.5, 0.6) is 0 Å². The standard InChI is InChI=1S/C24H29NO4/c1-24(23(27)28)17-21(14-15-29-24)25-22(26)20(16-19-10-6-3-7-11-19)13-12-18-8-4-2-5-9-18/h2-11,20-21H,12-17H2,1H3,(H,25,26)(H,27,28). The molecule has 1 aliphatic rings. The topological polar surface area (TPSA) is 75.6 Å². The van der Waals surface area contributed by atoms with Crippen molar-refractivity contribution in [2.75, 3.05) is 6.61 Å². The van der Waals surface area contributed by atoms with Gasteiger partial charge in [-0.05, 0) is 43.7 Å². The van der Waals surface area contributed by atoms with Crippen LogP contribution in [0, 0.1) is 5.92 Å². The molecule has 0 saturated carbocycles. The molecule has 2 aromatic carbocycles. The normalized spacial score (nSPS) is 22.6. The van der Waals surface area contributed by atoms with Crippen molar-refractivity contribution in [1.29, 1.82) is 0 Å². The van der Waals surface area contributed by atoms with E-state index in [4.69, 9.17) is 4.74 Å². The van der Waals surface area contributed by atoms with E-state index in [-0.39, 0.29) is 24.3 Å². The number of ether oxygens (including phenoxy) is 1. The summed E-state index contributed by atoms with van der Waals surface area (Å²) in [6.07, 6.45) is 3.14. The Morgan fingerprint density at radius 1 is 1.10 bits per heavy atom. The van der Waals surface area contributed by atoms with Crippen LogP contribution < -0.4 is 5.32 Å². The zero-order valence-corrected chi connectivity index (χ0v) is 16.8. The molecular formula is C24H29NO4. The summed E-state index contributed by atoms with van der Waals surface area (Å²) < 4.78 is 5.45. The van der Waals surface area contributed by atoms with Crippen molar-refractivity contribution in [3.8, 4) is 0 Å². The third-order valence-electron chi connectivity index (χ3n) is 5.64. The maximum absolute atomic E-state index is 13.1. The number of aliphatic carboxylic acids is 1. The third kappa shape index (κ3) is 5.91. The molecule has 1 fully saturated rings. The highest BCUT2D eigenvalue weighted by Gasteiger charge is 2.40. The van der Waals surface area contributed by atoms with E-state index in [2.05, 4.69) is 17.4 Å². The molecule has 0 spiro atoms. The van der Waals surface area contributed by atoms with Crippen LogP contribution >= 0.6 is 0 Å². The molecule has 3 atom stereocenters. The lowest BCUT2D eigenvalue weighted by molar-refractivity contribution is -0.171. The van der Waals surface area contributed by atoms with E-state index in [9.17, 15) is 14.7 Å². The number of amides is 1. The Hall–Kier alpha value is -2.66. The Bertz CT molecular complexity index is 808. The lowest BCUT2D eigenvalue weighted by atomic mass is 9.89. The number of carboxylic acids is 1. The number of carbonyl (C=O) groups excluding carboxylic acids is 1. The van der Waals surface area contributed by atoms with Crippen molar-refractivity contribution >= 4 is 11.9 Å². The van der Waals surface area contributed by atoms with Gasteiger partial charge in [0, 0.05) is 18.4 Å². The lowest BCUT2D eigenvalue weighted by Gasteiger charge is -2.35. The molecular weight excluding hydrogens is 366 g/mol. The fourth-order valence-electron chi connectivity index (χ4n) is 3.86. The highest BCUT2D eigenvalue weighted by molar-refractivity contribution is 5.80. The van der Waals surface area contributed by atoms with Crippen LogP contribution in [0.3, 0.4) is 0 Å². The molecule has 154 valence electrons. The molecule has 29 heavy (non-hydrogen) atoms. The molecule has 0 aromatic heterocycles. The summed E-state index contributed by atoms with van der Waals surface area (Å²) in [7, 11) is 0. The number of rotatable bonds is 8. The summed E-state index contributed by atoms with van der Waals surface area (Å²) in [5.74, 6) is -1.16. The van der Waals surface area contributed by atoms with Gasteiger partial charge in [-0.15, -0.1) is 0 Å². The zero-order valence-electron chi connectivity index (χ0n) is 16.8. The van der Waals surface area contributed by atoms with Gasteiger partial charge in [0.15, 0.2) is 5.60 Å². The molecule has 2 N–H and O–H groups in total. The van der Waals surface area contributed by atoms with Crippen molar-refractivity contribution in [3.63, 3.8) is 0 Å². The maximum atomic E-state index is 13.1. The van der Waals surface area contributed by atoms with E-state index in [1.165, 1.54) is 5.56 Å². The minimum atomic E-state index is -1.24. The van der Waals surface area contributed by atoms with Crippen LogP contribution in [0.4, 0.5) is 0 Å². The highest BCUT2D eigenvalue weighted by atomic mass is 16.5. The van der Waals surface area contributed by atoms with Crippen molar-refractivity contribution < 1.29 is 19.4 Å². The molecule has 1 aliphatic heterocycles. The molecule has 0 bridgehead atoms. The molecule has 1 heterocycles. The van der Waals surface area contributed by atoms with E-state index in [1.54, 1.807) is 6.92 Å². The predicted octanol–water partition coefficient (Wildman–Crippen LogP) is 3.62. The molecule has 0 aliphatic carbocycles. The molecule has 5 nitrogen and oxygen atoms in total. The molecule has 3 rings (SSSR count). The summed E-state index contributed by atoms with van der Waals surface area (Å²) in [6, 6.07) is 20.0. The second-order valence-corrected chi connectivity index (χ2v) is 7.99. The molecule has 3 unspecified atom stereocenters. The first-order valence-corrected chi connectivity index (χ1v) is 10.2. The zero-order chi connectivity index (χ0) is 20.7. The fourth-order valence-corrected chi connectivity index (χ4v) is 3.86. The average molecular weight is 395 g/mol. The van der Waals surface area contributed by atoms with Gasteiger partial charge >= 0.3 is 5.97 Å². The Balaban J connectivity index is 1.67. The van der Waals surface area contributed by atoms with Crippen molar-refractivity contribution in [1.82, 2.24) is 5.32 Å². The molecule has 1 saturated heterocycles. The quantitative estimate of drug-likeness (QED) is 0.716. The van der Waals surface area contributed by atoms with Gasteiger partial charge in [0.25, 0.3) is 0 Å². The molecule has 1 amide bonds. The van der Waals surface area contributed by atoms with Gasteiger partial charge in [0.2, 0.25) is 5.91 Å². The Kier molecular flexibility index (Phi) is 7.04. The van der Waals surface area contributed by atoms with E-state index in [0.717, 1.165) is 18.4 Å². The number of carboxylic acid groups (broad SMARTS) is 1. The van der Waals surface area contributed by atoms with Gasteiger partial charge in [-0.1, -0.05) is 60.7 Å². The van der Waals surface area contributed by atoms with Gasteiger partial charge in [-0.25, -0.2) is 4.79 Å². The van der Waals surface area contributed by atoms with Crippen LogP contribution in [0.15, 0.2) is 60.7 Å². The molecule has 0 radical (unpaired) electrons. The van der Waals surface area contributed by atoms with E-state index >= 15 is 0 Å². The molecule has 2 aromatic rings.